The topological polar surface area (TPSA) is 132 Å². The molecule has 1 aromatic heterocycles. The van der Waals surface area contributed by atoms with Crippen molar-refractivity contribution in [2.45, 2.75) is 38.1 Å². The molecule has 1 saturated heterocycles. The lowest BCUT2D eigenvalue weighted by Gasteiger charge is -2.11. The molecule has 0 saturated carbocycles. The molecule has 0 bridgehead atoms. The van der Waals surface area contributed by atoms with Crippen molar-refractivity contribution in [3.63, 3.8) is 0 Å². The van der Waals surface area contributed by atoms with Gasteiger partial charge in [-0.1, -0.05) is 5.21 Å². The van der Waals surface area contributed by atoms with Crippen molar-refractivity contribution >= 4 is 11.9 Å². The first kappa shape index (κ1) is 14.4. The van der Waals surface area contributed by atoms with Crippen molar-refractivity contribution in [3.8, 4) is 0 Å². The van der Waals surface area contributed by atoms with Gasteiger partial charge >= 0.3 is 5.97 Å². The van der Waals surface area contributed by atoms with Crippen LogP contribution in [0.2, 0.25) is 0 Å². The van der Waals surface area contributed by atoms with Crippen molar-refractivity contribution in [1.29, 1.82) is 0 Å². The molecule has 1 aliphatic heterocycles. The Balaban J connectivity index is 1.78. The van der Waals surface area contributed by atoms with Crippen LogP contribution in [-0.2, 0) is 27.4 Å². The number of aromatic nitrogens is 3. The van der Waals surface area contributed by atoms with Crippen LogP contribution in [0.5, 0.6) is 0 Å². The maximum absolute atomic E-state index is 11.8. The van der Waals surface area contributed by atoms with Crippen LogP contribution < -0.4 is 11.1 Å². The molecule has 2 atom stereocenters. The second-order valence-electron chi connectivity index (χ2n) is 4.58. The second kappa shape index (κ2) is 6.44. The standard InChI is InChI=1S/C11H17N5O4/c12-3-8-1-2-9(20-8)11(19)13-4-7-5-16(15-14-7)6-10(17)18/h5,8-9H,1-4,6,12H2,(H,13,19)(H,17,18). The van der Waals surface area contributed by atoms with E-state index in [2.05, 4.69) is 15.6 Å². The van der Waals surface area contributed by atoms with Gasteiger partial charge in [0.2, 0.25) is 5.91 Å². The SMILES string of the molecule is NCC1CCC(C(=O)NCc2cn(CC(=O)O)nn2)O1. The highest BCUT2D eigenvalue weighted by Crippen LogP contribution is 2.18. The molecule has 1 aliphatic rings. The molecule has 4 N–H and O–H groups in total. The summed E-state index contributed by atoms with van der Waals surface area (Å²) in [4.78, 5) is 22.3. The van der Waals surface area contributed by atoms with Gasteiger partial charge in [-0.05, 0) is 12.8 Å². The molecule has 9 heteroatoms. The Morgan fingerprint density at radius 3 is 3.00 bits per heavy atom. The van der Waals surface area contributed by atoms with Crippen LogP contribution in [0.15, 0.2) is 6.20 Å². The fourth-order valence-corrected chi connectivity index (χ4v) is 2.00. The van der Waals surface area contributed by atoms with Crippen LogP contribution in [0.3, 0.4) is 0 Å². The number of hydrogen-bond acceptors (Lipinski definition) is 6. The van der Waals surface area contributed by atoms with Gasteiger partial charge < -0.3 is 20.9 Å². The molecule has 20 heavy (non-hydrogen) atoms. The summed E-state index contributed by atoms with van der Waals surface area (Å²) in [5, 5.41) is 18.7. The Kier molecular flexibility index (Phi) is 4.64. The van der Waals surface area contributed by atoms with E-state index in [0.29, 0.717) is 18.7 Å². The van der Waals surface area contributed by atoms with Gasteiger partial charge in [-0.15, -0.1) is 5.10 Å². The first-order valence-corrected chi connectivity index (χ1v) is 6.32. The first-order valence-electron chi connectivity index (χ1n) is 6.32. The number of hydrogen-bond donors (Lipinski definition) is 3. The Hall–Kier alpha value is -2.00. The van der Waals surface area contributed by atoms with E-state index < -0.39 is 12.1 Å². The normalized spacial score (nSPS) is 21.9. The molecule has 2 unspecified atom stereocenters. The van der Waals surface area contributed by atoms with Crippen LogP contribution in [-0.4, -0.2) is 50.7 Å². The van der Waals surface area contributed by atoms with E-state index in [1.165, 1.54) is 10.9 Å². The van der Waals surface area contributed by atoms with Crippen LogP contribution in [0.1, 0.15) is 18.5 Å². The van der Waals surface area contributed by atoms with Gasteiger partial charge in [0.15, 0.2) is 0 Å². The summed E-state index contributed by atoms with van der Waals surface area (Å²) in [5.41, 5.74) is 5.97. The lowest BCUT2D eigenvalue weighted by molar-refractivity contribution is -0.138. The fourth-order valence-electron chi connectivity index (χ4n) is 2.00. The Bertz CT molecular complexity index is 489. The van der Waals surface area contributed by atoms with Gasteiger partial charge in [-0.25, -0.2) is 4.68 Å². The van der Waals surface area contributed by atoms with Crippen molar-refractivity contribution in [2.75, 3.05) is 6.54 Å². The lowest BCUT2D eigenvalue weighted by Crippen LogP contribution is -2.35. The zero-order valence-corrected chi connectivity index (χ0v) is 10.9. The first-order chi connectivity index (χ1) is 9.58. The molecule has 0 spiro atoms. The van der Waals surface area contributed by atoms with Crippen molar-refractivity contribution < 1.29 is 19.4 Å². The van der Waals surface area contributed by atoms with Gasteiger partial charge in [0.25, 0.3) is 0 Å². The minimum absolute atomic E-state index is 0.0535. The summed E-state index contributed by atoms with van der Waals surface area (Å²) in [6, 6.07) is 0. The number of nitrogens with two attached hydrogens (primary N) is 1. The van der Waals surface area contributed by atoms with Gasteiger partial charge in [0.05, 0.1) is 18.8 Å². The number of rotatable bonds is 6. The van der Waals surface area contributed by atoms with E-state index in [-0.39, 0.29) is 25.1 Å². The molecule has 1 aromatic rings. The molecular formula is C11H17N5O4. The van der Waals surface area contributed by atoms with Gasteiger partial charge in [-0.2, -0.15) is 0 Å². The van der Waals surface area contributed by atoms with E-state index in [0.717, 1.165) is 6.42 Å². The molecule has 1 amide bonds. The molecular weight excluding hydrogens is 266 g/mol. The van der Waals surface area contributed by atoms with E-state index in [9.17, 15) is 9.59 Å². The zero-order chi connectivity index (χ0) is 14.5. The minimum atomic E-state index is -1.00. The molecule has 2 rings (SSSR count). The number of nitrogens with one attached hydrogen (secondary N) is 1. The van der Waals surface area contributed by atoms with Gasteiger partial charge in [-0.3, -0.25) is 9.59 Å². The summed E-state index contributed by atoms with van der Waals surface area (Å²) in [7, 11) is 0. The number of amides is 1. The molecule has 0 radical (unpaired) electrons. The zero-order valence-electron chi connectivity index (χ0n) is 10.9. The average Bonchev–Trinajstić information content (AvgIpc) is 3.04. The number of carboxylic acids is 1. The van der Waals surface area contributed by atoms with Gasteiger partial charge in [0.1, 0.15) is 18.3 Å². The fraction of sp³-hybridized carbons (Fsp3) is 0.636. The average molecular weight is 283 g/mol. The molecule has 0 aliphatic carbocycles. The summed E-state index contributed by atoms with van der Waals surface area (Å²) < 4.78 is 6.66. The van der Waals surface area contributed by atoms with Crippen LogP contribution in [0, 0.1) is 0 Å². The van der Waals surface area contributed by atoms with E-state index in [4.69, 9.17) is 15.6 Å². The van der Waals surface area contributed by atoms with Crippen LogP contribution in [0.25, 0.3) is 0 Å². The van der Waals surface area contributed by atoms with Crippen molar-refractivity contribution in [2.24, 2.45) is 5.73 Å². The molecule has 0 aromatic carbocycles. The van der Waals surface area contributed by atoms with E-state index >= 15 is 0 Å². The second-order valence-corrected chi connectivity index (χ2v) is 4.58. The smallest absolute Gasteiger partial charge is 0.325 e. The predicted molar refractivity (Wildman–Crippen MR) is 66.5 cm³/mol. The highest BCUT2D eigenvalue weighted by Gasteiger charge is 2.29. The highest BCUT2D eigenvalue weighted by atomic mass is 16.5. The quantitative estimate of drug-likeness (QED) is 0.577. The molecule has 1 fully saturated rings. The number of carbonyl (C=O) groups is 2. The van der Waals surface area contributed by atoms with Crippen molar-refractivity contribution in [3.05, 3.63) is 11.9 Å². The monoisotopic (exact) mass is 283 g/mol. The number of ether oxygens (including phenoxy) is 1. The summed E-state index contributed by atoms with van der Waals surface area (Å²) in [5.74, 6) is -1.22. The van der Waals surface area contributed by atoms with Crippen molar-refractivity contribution in [1.82, 2.24) is 20.3 Å². The number of aliphatic carboxylic acids is 1. The largest absolute Gasteiger partial charge is 0.480 e. The molecule has 110 valence electrons. The molecule has 9 nitrogen and oxygen atoms in total. The summed E-state index contributed by atoms with van der Waals surface area (Å²) in [6.45, 7) is 0.337. The predicted octanol–water partition coefficient (Wildman–Crippen LogP) is -1.51. The Labute approximate surface area is 115 Å². The van der Waals surface area contributed by atoms with E-state index in [1.54, 1.807) is 0 Å². The third kappa shape index (κ3) is 3.75. The number of carbonyl (C=O) groups excluding carboxylic acids is 1. The summed E-state index contributed by atoms with van der Waals surface area (Å²) in [6.07, 6.45) is 2.38. The maximum Gasteiger partial charge on any atom is 0.325 e. The number of carboxylic acid groups (broad SMARTS) is 1. The minimum Gasteiger partial charge on any atom is -0.480 e. The summed E-state index contributed by atoms with van der Waals surface area (Å²) >= 11 is 0. The van der Waals surface area contributed by atoms with Crippen LogP contribution >= 0.6 is 0 Å². The van der Waals surface area contributed by atoms with Crippen LogP contribution in [0.4, 0.5) is 0 Å². The lowest BCUT2D eigenvalue weighted by atomic mass is 10.2. The van der Waals surface area contributed by atoms with E-state index in [1.807, 2.05) is 0 Å². The third-order valence-corrected chi connectivity index (χ3v) is 2.99. The van der Waals surface area contributed by atoms with Gasteiger partial charge in [0, 0.05) is 6.54 Å². The highest BCUT2D eigenvalue weighted by molar-refractivity contribution is 5.80. The third-order valence-electron chi connectivity index (χ3n) is 2.99. The Morgan fingerprint density at radius 2 is 2.35 bits per heavy atom. The maximum atomic E-state index is 11.8. The number of nitrogens with zero attached hydrogens (tertiary/aromatic N) is 3. The molecule has 2 heterocycles. The Morgan fingerprint density at radius 1 is 1.55 bits per heavy atom.